The number of carbonyl (C=O) groups is 1. The lowest BCUT2D eigenvalue weighted by atomic mass is 9.76. The Morgan fingerprint density at radius 3 is 2.56 bits per heavy atom. The Labute approximate surface area is 108 Å². The van der Waals surface area contributed by atoms with Crippen LogP contribution in [0.4, 0.5) is 0 Å². The average Bonchev–Trinajstić information content (AvgIpc) is 2.33. The van der Waals surface area contributed by atoms with E-state index in [0.717, 1.165) is 12.8 Å². The van der Waals surface area contributed by atoms with Crippen LogP contribution in [0.15, 0.2) is 18.2 Å². The lowest BCUT2D eigenvalue weighted by Gasteiger charge is -2.31. The van der Waals surface area contributed by atoms with Crippen molar-refractivity contribution in [2.75, 3.05) is 7.11 Å². The van der Waals surface area contributed by atoms with Crippen molar-refractivity contribution in [1.29, 1.82) is 0 Å². The predicted molar refractivity (Wildman–Crippen MR) is 72.1 cm³/mol. The maximum atomic E-state index is 12.3. The molecular formula is C15H21NO2. The molecule has 0 spiro atoms. The van der Waals surface area contributed by atoms with Crippen LogP contribution in [0.3, 0.4) is 0 Å². The lowest BCUT2D eigenvalue weighted by Crippen LogP contribution is -2.40. The van der Waals surface area contributed by atoms with E-state index in [9.17, 15) is 4.79 Å². The van der Waals surface area contributed by atoms with Gasteiger partial charge in [-0.15, -0.1) is 0 Å². The highest BCUT2D eigenvalue weighted by Crippen LogP contribution is 2.33. The monoisotopic (exact) mass is 247 g/mol. The first-order chi connectivity index (χ1) is 8.52. The predicted octanol–water partition coefficient (Wildman–Crippen LogP) is 2.74. The fourth-order valence-electron chi connectivity index (χ4n) is 2.37. The summed E-state index contributed by atoms with van der Waals surface area (Å²) in [7, 11) is 1.61. The molecule has 1 aromatic rings. The van der Waals surface area contributed by atoms with E-state index in [4.69, 9.17) is 10.5 Å². The Balaban J connectivity index is 2.24. The quantitative estimate of drug-likeness (QED) is 0.832. The fourth-order valence-corrected chi connectivity index (χ4v) is 2.37. The van der Waals surface area contributed by atoms with Crippen molar-refractivity contribution in [1.82, 2.24) is 0 Å². The van der Waals surface area contributed by atoms with Gasteiger partial charge in [-0.3, -0.25) is 4.79 Å². The molecule has 2 N–H and O–H groups in total. The van der Waals surface area contributed by atoms with E-state index in [0.29, 0.717) is 17.2 Å². The molecule has 0 aromatic heterocycles. The van der Waals surface area contributed by atoms with Gasteiger partial charge >= 0.3 is 0 Å². The number of nitrogens with two attached hydrogens (primary N) is 1. The van der Waals surface area contributed by atoms with E-state index < -0.39 is 0 Å². The molecule has 0 saturated heterocycles. The van der Waals surface area contributed by atoms with Crippen LogP contribution in [0.5, 0.6) is 5.75 Å². The number of rotatable bonds is 4. The Morgan fingerprint density at radius 1 is 1.39 bits per heavy atom. The minimum absolute atomic E-state index is 0.0822. The summed E-state index contributed by atoms with van der Waals surface area (Å²) in [5.41, 5.74) is 7.62. The summed E-state index contributed by atoms with van der Waals surface area (Å²) in [6.07, 6.45) is 1.60. The number of Topliss-reactive ketones (excluding diaryl/α,β-unsaturated/α-hetero) is 1. The number of ketones is 1. The summed E-state index contributed by atoms with van der Waals surface area (Å²) in [5, 5.41) is 0. The van der Waals surface area contributed by atoms with Crippen molar-refractivity contribution in [2.45, 2.75) is 38.6 Å². The minimum atomic E-state index is 0.0822. The molecular weight excluding hydrogens is 226 g/mol. The molecule has 3 nitrogen and oxygen atoms in total. The van der Waals surface area contributed by atoms with Crippen LogP contribution in [0.2, 0.25) is 0 Å². The van der Waals surface area contributed by atoms with Crippen LogP contribution in [-0.2, 0) is 0 Å². The van der Waals surface area contributed by atoms with Gasteiger partial charge in [0.2, 0.25) is 0 Å². The SMILES string of the molecule is COc1cc(C(C)C)ccc1C(=O)C1CC(N)C1. The molecule has 0 aliphatic heterocycles. The normalized spacial score (nSPS) is 22.7. The number of methoxy groups -OCH3 is 1. The van der Waals surface area contributed by atoms with Crippen LogP contribution in [0, 0.1) is 5.92 Å². The van der Waals surface area contributed by atoms with E-state index >= 15 is 0 Å². The highest BCUT2D eigenvalue weighted by Gasteiger charge is 2.33. The van der Waals surface area contributed by atoms with E-state index in [1.807, 2.05) is 18.2 Å². The molecule has 98 valence electrons. The third kappa shape index (κ3) is 2.41. The van der Waals surface area contributed by atoms with E-state index in [1.54, 1.807) is 7.11 Å². The maximum absolute atomic E-state index is 12.3. The first kappa shape index (κ1) is 13.1. The van der Waals surface area contributed by atoms with E-state index in [-0.39, 0.29) is 17.7 Å². The van der Waals surface area contributed by atoms with Crippen molar-refractivity contribution < 1.29 is 9.53 Å². The summed E-state index contributed by atoms with van der Waals surface area (Å²) in [4.78, 5) is 12.3. The summed E-state index contributed by atoms with van der Waals surface area (Å²) in [5.74, 6) is 1.37. The van der Waals surface area contributed by atoms with Crippen molar-refractivity contribution in [3.8, 4) is 5.75 Å². The van der Waals surface area contributed by atoms with Crippen molar-refractivity contribution in [2.24, 2.45) is 11.7 Å². The summed E-state index contributed by atoms with van der Waals surface area (Å²) in [6.45, 7) is 4.25. The number of ether oxygens (including phenoxy) is 1. The molecule has 1 saturated carbocycles. The highest BCUT2D eigenvalue weighted by atomic mass is 16.5. The molecule has 1 fully saturated rings. The first-order valence-electron chi connectivity index (χ1n) is 6.50. The van der Waals surface area contributed by atoms with Gasteiger partial charge < -0.3 is 10.5 Å². The van der Waals surface area contributed by atoms with Gasteiger partial charge in [0.05, 0.1) is 12.7 Å². The molecule has 2 rings (SSSR count). The molecule has 0 atom stereocenters. The van der Waals surface area contributed by atoms with E-state index in [2.05, 4.69) is 13.8 Å². The molecule has 18 heavy (non-hydrogen) atoms. The third-order valence-electron chi connectivity index (χ3n) is 3.70. The van der Waals surface area contributed by atoms with Crippen LogP contribution in [-0.4, -0.2) is 18.9 Å². The van der Waals surface area contributed by atoms with Gasteiger partial charge in [0.15, 0.2) is 5.78 Å². The molecule has 0 amide bonds. The lowest BCUT2D eigenvalue weighted by molar-refractivity contribution is 0.0829. The smallest absolute Gasteiger partial charge is 0.169 e. The number of hydrogen-bond donors (Lipinski definition) is 1. The zero-order chi connectivity index (χ0) is 13.3. The summed E-state index contributed by atoms with van der Waals surface area (Å²) >= 11 is 0. The molecule has 0 unspecified atom stereocenters. The van der Waals surface area contributed by atoms with Crippen molar-refractivity contribution in [3.63, 3.8) is 0 Å². The van der Waals surface area contributed by atoms with Gasteiger partial charge in [-0.1, -0.05) is 19.9 Å². The Kier molecular flexibility index (Phi) is 3.71. The van der Waals surface area contributed by atoms with Gasteiger partial charge in [0.1, 0.15) is 5.75 Å². The molecule has 3 heteroatoms. The van der Waals surface area contributed by atoms with Crippen molar-refractivity contribution in [3.05, 3.63) is 29.3 Å². The Morgan fingerprint density at radius 2 is 2.06 bits per heavy atom. The van der Waals surface area contributed by atoms with Gasteiger partial charge in [0.25, 0.3) is 0 Å². The molecule has 0 bridgehead atoms. The number of benzene rings is 1. The van der Waals surface area contributed by atoms with Gasteiger partial charge in [-0.05, 0) is 36.5 Å². The van der Waals surface area contributed by atoms with Gasteiger partial charge in [-0.25, -0.2) is 0 Å². The molecule has 1 aromatic carbocycles. The zero-order valence-corrected chi connectivity index (χ0v) is 11.3. The summed E-state index contributed by atoms with van der Waals surface area (Å²) < 4.78 is 5.35. The Bertz CT molecular complexity index is 448. The first-order valence-corrected chi connectivity index (χ1v) is 6.50. The van der Waals surface area contributed by atoms with Crippen LogP contribution < -0.4 is 10.5 Å². The highest BCUT2D eigenvalue weighted by molar-refractivity contribution is 6.01. The minimum Gasteiger partial charge on any atom is -0.496 e. The molecule has 1 aliphatic carbocycles. The maximum Gasteiger partial charge on any atom is 0.169 e. The number of carbonyl (C=O) groups excluding carboxylic acids is 1. The molecule has 0 radical (unpaired) electrons. The second kappa shape index (κ2) is 5.11. The zero-order valence-electron chi connectivity index (χ0n) is 11.3. The number of hydrogen-bond acceptors (Lipinski definition) is 3. The van der Waals surface area contributed by atoms with Crippen LogP contribution in [0.1, 0.15) is 48.5 Å². The standard InChI is InChI=1S/C15H21NO2/c1-9(2)10-4-5-13(14(8-10)18-3)15(17)11-6-12(16)7-11/h4-5,8-9,11-12H,6-7,16H2,1-3H3. The fraction of sp³-hybridized carbons (Fsp3) is 0.533. The van der Waals surface area contributed by atoms with Crippen LogP contribution in [0.25, 0.3) is 0 Å². The second-order valence-corrected chi connectivity index (χ2v) is 5.41. The van der Waals surface area contributed by atoms with Gasteiger partial charge in [-0.2, -0.15) is 0 Å². The van der Waals surface area contributed by atoms with E-state index in [1.165, 1.54) is 5.56 Å². The summed E-state index contributed by atoms with van der Waals surface area (Å²) in [6, 6.07) is 6.07. The average molecular weight is 247 g/mol. The Hall–Kier alpha value is -1.35. The van der Waals surface area contributed by atoms with Crippen molar-refractivity contribution >= 4 is 5.78 Å². The second-order valence-electron chi connectivity index (χ2n) is 5.41. The topological polar surface area (TPSA) is 52.3 Å². The van der Waals surface area contributed by atoms with Gasteiger partial charge in [0, 0.05) is 12.0 Å². The van der Waals surface area contributed by atoms with Crippen LogP contribution >= 0.6 is 0 Å². The largest absolute Gasteiger partial charge is 0.496 e. The third-order valence-corrected chi connectivity index (χ3v) is 3.70. The molecule has 1 aliphatic rings. The molecule has 0 heterocycles.